The first-order chi connectivity index (χ1) is 8.08. The highest BCUT2D eigenvalue weighted by atomic mass is 35.5. The molecule has 0 bridgehead atoms. The van der Waals surface area contributed by atoms with Crippen LogP contribution in [-0.2, 0) is 0 Å². The Morgan fingerprint density at radius 3 is 2.76 bits per heavy atom. The summed E-state index contributed by atoms with van der Waals surface area (Å²) >= 11 is 5.77. The van der Waals surface area contributed by atoms with Crippen LogP contribution in [-0.4, -0.2) is 16.1 Å². The fourth-order valence-corrected chi connectivity index (χ4v) is 1.60. The summed E-state index contributed by atoms with van der Waals surface area (Å²) in [7, 11) is 0. The topological polar surface area (TPSA) is 50.2 Å². The van der Waals surface area contributed by atoms with E-state index in [1.165, 1.54) is 36.7 Å². The van der Waals surface area contributed by atoms with Crippen LogP contribution in [0.1, 0.15) is 10.4 Å². The van der Waals surface area contributed by atoms with Crippen LogP contribution in [0.15, 0.2) is 36.7 Å². The third kappa shape index (κ3) is 2.42. The van der Waals surface area contributed by atoms with E-state index in [1.54, 1.807) is 0 Å². The van der Waals surface area contributed by atoms with Gasteiger partial charge in [0.05, 0.1) is 5.56 Å². The fraction of sp³-hybridized carbons (Fsp3) is 0. The molecule has 0 aliphatic heterocycles. The average Bonchev–Trinajstić information content (AvgIpc) is 2.32. The first-order valence-corrected chi connectivity index (χ1v) is 5.09. The SMILES string of the molecule is O=C(O)c1cncc(-c2cc(Cl)ccc2F)c1. The summed E-state index contributed by atoms with van der Waals surface area (Å²) in [4.78, 5) is 14.5. The van der Waals surface area contributed by atoms with Gasteiger partial charge in [-0.1, -0.05) is 11.6 Å². The van der Waals surface area contributed by atoms with Gasteiger partial charge in [-0.15, -0.1) is 0 Å². The lowest BCUT2D eigenvalue weighted by atomic mass is 10.1. The van der Waals surface area contributed by atoms with Crippen molar-refractivity contribution < 1.29 is 14.3 Å². The Balaban J connectivity index is 2.56. The van der Waals surface area contributed by atoms with Crippen molar-refractivity contribution in [2.75, 3.05) is 0 Å². The molecule has 0 unspecified atom stereocenters. The van der Waals surface area contributed by atoms with Gasteiger partial charge in [0, 0.05) is 28.5 Å². The highest BCUT2D eigenvalue weighted by molar-refractivity contribution is 6.30. The molecular formula is C12H7ClFNO2. The number of halogens is 2. The number of hydrogen-bond donors (Lipinski definition) is 1. The molecule has 1 aromatic heterocycles. The lowest BCUT2D eigenvalue weighted by Gasteiger charge is -2.04. The molecule has 2 aromatic rings. The minimum atomic E-state index is -1.11. The Kier molecular flexibility index (Phi) is 3.06. The quantitative estimate of drug-likeness (QED) is 0.891. The van der Waals surface area contributed by atoms with E-state index in [0.29, 0.717) is 10.6 Å². The predicted molar refractivity (Wildman–Crippen MR) is 61.6 cm³/mol. The van der Waals surface area contributed by atoms with Crippen LogP contribution in [0.4, 0.5) is 4.39 Å². The number of carboxylic acid groups (broad SMARTS) is 1. The Labute approximate surface area is 101 Å². The number of carboxylic acids is 1. The minimum Gasteiger partial charge on any atom is -0.478 e. The molecule has 1 N–H and O–H groups in total. The van der Waals surface area contributed by atoms with Crippen molar-refractivity contribution in [1.29, 1.82) is 0 Å². The van der Waals surface area contributed by atoms with E-state index in [0.717, 1.165) is 0 Å². The number of pyridine rings is 1. The maximum atomic E-state index is 13.6. The second-order valence-electron chi connectivity index (χ2n) is 3.39. The molecule has 0 aliphatic carbocycles. The first-order valence-electron chi connectivity index (χ1n) is 4.71. The molecule has 0 atom stereocenters. The van der Waals surface area contributed by atoms with E-state index in [9.17, 15) is 9.18 Å². The van der Waals surface area contributed by atoms with Crippen LogP contribution < -0.4 is 0 Å². The molecule has 86 valence electrons. The number of aromatic carboxylic acids is 1. The zero-order valence-electron chi connectivity index (χ0n) is 8.52. The Morgan fingerprint density at radius 1 is 1.29 bits per heavy atom. The van der Waals surface area contributed by atoms with E-state index in [2.05, 4.69) is 4.98 Å². The summed E-state index contributed by atoms with van der Waals surface area (Å²) in [5, 5.41) is 9.20. The van der Waals surface area contributed by atoms with E-state index in [-0.39, 0.29) is 11.1 Å². The van der Waals surface area contributed by atoms with Crippen LogP contribution in [0, 0.1) is 5.82 Å². The summed E-state index contributed by atoms with van der Waals surface area (Å²) in [6.45, 7) is 0. The molecule has 0 saturated heterocycles. The van der Waals surface area contributed by atoms with Gasteiger partial charge < -0.3 is 5.11 Å². The molecule has 0 fully saturated rings. The van der Waals surface area contributed by atoms with Crippen LogP contribution in [0.3, 0.4) is 0 Å². The van der Waals surface area contributed by atoms with Gasteiger partial charge in [-0.05, 0) is 24.3 Å². The first kappa shape index (κ1) is 11.5. The lowest BCUT2D eigenvalue weighted by molar-refractivity contribution is 0.0696. The van der Waals surface area contributed by atoms with Crippen molar-refractivity contribution in [2.45, 2.75) is 0 Å². The van der Waals surface area contributed by atoms with Gasteiger partial charge in [0.2, 0.25) is 0 Å². The van der Waals surface area contributed by atoms with Crippen molar-refractivity contribution in [3.63, 3.8) is 0 Å². The molecule has 0 aliphatic rings. The van der Waals surface area contributed by atoms with E-state index in [4.69, 9.17) is 16.7 Å². The van der Waals surface area contributed by atoms with Gasteiger partial charge in [0.25, 0.3) is 0 Å². The average molecular weight is 252 g/mol. The molecule has 0 saturated carbocycles. The summed E-state index contributed by atoms with van der Waals surface area (Å²) in [5.41, 5.74) is 0.611. The Morgan fingerprint density at radius 2 is 2.06 bits per heavy atom. The number of carbonyl (C=O) groups is 1. The number of hydrogen-bond acceptors (Lipinski definition) is 2. The largest absolute Gasteiger partial charge is 0.478 e. The standard InChI is InChI=1S/C12H7ClFNO2/c13-9-1-2-11(14)10(4-9)7-3-8(12(16)17)6-15-5-7/h1-6H,(H,16,17). The monoisotopic (exact) mass is 251 g/mol. The molecule has 0 radical (unpaired) electrons. The van der Waals surface area contributed by atoms with Crippen LogP contribution in [0.5, 0.6) is 0 Å². The van der Waals surface area contributed by atoms with Gasteiger partial charge in [-0.2, -0.15) is 0 Å². The molecule has 1 heterocycles. The third-order valence-corrected chi connectivity index (χ3v) is 2.46. The minimum absolute atomic E-state index is 0.00174. The summed E-state index contributed by atoms with van der Waals surface area (Å²) < 4.78 is 13.6. The zero-order chi connectivity index (χ0) is 12.4. The molecular weight excluding hydrogens is 245 g/mol. The van der Waals surface area contributed by atoms with Crippen molar-refractivity contribution in [2.24, 2.45) is 0 Å². The Bertz CT molecular complexity index is 586. The second-order valence-corrected chi connectivity index (χ2v) is 3.83. The highest BCUT2D eigenvalue weighted by Crippen LogP contribution is 2.25. The van der Waals surface area contributed by atoms with E-state index >= 15 is 0 Å². The zero-order valence-corrected chi connectivity index (χ0v) is 9.28. The highest BCUT2D eigenvalue weighted by Gasteiger charge is 2.09. The number of nitrogens with zero attached hydrogens (tertiary/aromatic N) is 1. The summed E-state index contributed by atoms with van der Waals surface area (Å²) in [5.74, 6) is -1.58. The maximum absolute atomic E-state index is 13.6. The molecule has 3 nitrogen and oxygen atoms in total. The van der Waals surface area contributed by atoms with Crippen molar-refractivity contribution >= 4 is 17.6 Å². The summed E-state index contributed by atoms with van der Waals surface area (Å²) in [6.07, 6.45) is 2.59. The van der Waals surface area contributed by atoms with Crippen LogP contribution in [0.2, 0.25) is 5.02 Å². The van der Waals surface area contributed by atoms with Gasteiger partial charge in [-0.25, -0.2) is 9.18 Å². The molecule has 17 heavy (non-hydrogen) atoms. The van der Waals surface area contributed by atoms with Crippen LogP contribution in [0.25, 0.3) is 11.1 Å². The predicted octanol–water partition coefficient (Wildman–Crippen LogP) is 3.24. The Hall–Kier alpha value is -1.94. The normalized spacial score (nSPS) is 10.2. The lowest BCUT2D eigenvalue weighted by Crippen LogP contribution is -1.97. The van der Waals surface area contributed by atoms with Gasteiger partial charge in [0.15, 0.2) is 0 Å². The fourth-order valence-electron chi connectivity index (χ4n) is 1.42. The molecule has 2 rings (SSSR count). The third-order valence-electron chi connectivity index (χ3n) is 2.22. The molecule has 5 heteroatoms. The van der Waals surface area contributed by atoms with E-state index in [1.807, 2.05) is 0 Å². The molecule has 0 amide bonds. The van der Waals surface area contributed by atoms with Gasteiger partial charge in [0.1, 0.15) is 5.82 Å². The van der Waals surface area contributed by atoms with Crippen LogP contribution >= 0.6 is 11.6 Å². The van der Waals surface area contributed by atoms with Gasteiger partial charge >= 0.3 is 5.97 Å². The van der Waals surface area contributed by atoms with Crippen molar-refractivity contribution in [3.05, 3.63) is 53.1 Å². The number of aromatic nitrogens is 1. The number of rotatable bonds is 2. The van der Waals surface area contributed by atoms with Gasteiger partial charge in [-0.3, -0.25) is 4.98 Å². The van der Waals surface area contributed by atoms with Crippen molar-refractivity contribution in [3.8, 4) is 11.1 Å². The van der Waals surface area contributed by atoms with E-state index < -0.39 is 11.8 Å². The smallest absolute Gasteiger partial charge is 0.337 e. The molecule has 0 spiro atoms. The van der Waals surface area contributed by atoms with Crippen molar-refractivity contribution in [1.82, 2.24) is 4.98 Å². The second kappa shape index (κ2) is 4.51. The number of benzene rings is 1. The molecule has 1 aromatic carbocycles. The summed E-state index contributed by atoms with van der Waals surface area (Å²) in [6, 6.07) is 5.43. The maximum Gasteiger partial charge on any atom is 0.337 e.